The van der Waals surface area contributed by atoms with Gasteiger partial charge in [-0.05, 0) is 89.8 Å². The van der Waals surface area contributed by atoms with Crippen LogP contribution in [0.1, 0.15) is 47.2 Å². The molecule has 4 heteroatoms. The summed E-state index contributed by atoms with van der Waals surface area (Å²) in [6, 6.07) is 8.40. The molecule has 1 spiro atoms. The molecule has 0 radical (unpaired) electrons. The summed E-state index contributed by atoms with van der Waals surface area (Å²) in [6.45, 7) is 15.8. The van der Waals surface area contributed by atoms with Crippen LogP contribution >= 0.6 is 0 Å². The SMILES string of the molecule is Cc1cc(C)c(N2C(=O)C(C)(C)C(=O)N(c3c(C)cc(C)cc3C)C23C=C3)c(C)c1. The molecule has 1 aliphatic heterocycles. The Morgan fingerprint density at radius 1 is 0.600 bits per heavy atom. The topological polar surface area (TPSA) is 40.6 Å². The summed E-state index contributed by atoms with van der Waals surface area (Å²) in [4.78, 5) is 31.2. The molecule has 30 heavy (non-hydrogen) atoms. The average molecular weight is 403 g/mol. The highest BCUT2D eigenvalue weighted by atomic mass is 16.2. The van der Waals surface area contributed by atoms with Gasteiger partial charge in [0.2, 0.25) is 11.8 Å². The fourth-order valence-electron chi connectivity index (χ4n) is 5.06. The van der Waals surface area contributed by atoms with E-state index in [1.54, 1.807) is 13.8 Å². The quantitative estimate of drug-likeness (QED) is 0.511. The molecule has 2 amide bonds. The minimum absolute atomic E-state index is 0.161. The molecule has 156 valence electrons. The van der Waals surface area contributed by atoms with Gasteiger partial charge in [-0.2, -0.15) is 0 Å². The highest BCUT2D eigenvalue weighted by molar-refractivity contribution is 6.23. The number of rotatable bonds is 2. The molecular formula is C26H30N2O2. The van der Waals surface area contributed by atoms with Crippen molar-refractivity contribution >= 4 is 23.2 Å². The Hall–Kier alpha value is -2.88. The zero-order valence-corrected chi connectivity index (χ0v) is 19.2. The van der Waals surface area contributed by atoms with Crippen molar-refractivity contribution in [3.63, 3.8) is 0 Å². The molecule has 4 nitrogen and oxygen atoms in total. The Morgan fingerprint density at radius 2 is 0.900 bits per heavy atom. The highest BCUT2D eigenvalue weighted by Gasteiger charge is 2.63. The zero-order chi connectivity index (χ0) is 22.2. The first-order chi connectivity index (χ1) is 13.9. The van der Waals surface area contributed by atoms with Crippen molar-refractivity contribution in [3.8, 4) is 0 Å². The molecule has 1 aliphatic carbocycles. The monoisotopic (exact) mass is 402 g/mol. The average Bonchev–Trinajstić information content (AvgIpc) is 3.39. The van der Waals surface area contributed by atoms with Crippen LogP contribution in [0.2, 0.25) is 0 Å². The number of benzene rings is 2. The molecule has 0 unspecified atom stereocenters. The molecule has 0 aromatic heterocycles. The number of nitrogens with zero attached hydrogens (tertiary/aromatic N) is 2. The Balaban J connectivity index is 1.99. The summed E-state index contributed by atoms with van der Waals surface area (Å²) in [5.74, 6) is -0.322. The molecule has 0 bridgehead atoms. The van der Waals surface area contributed by atoms with Gasteiger partial charge in [-0.15, -0.1) is 0 Å². The lowest BCUT2D eigenvalue weighted by atomic mass is 9.83. The van der Waals surface area contributed by atoms with Crippen LogP contribution in [-0.4, -0.2) is 17.5 Å². The van der Waals surface area contributed by atoms with Gasteiger partial charge in [0.05, 0.1) is 11.4 Å². The Labute approximate surface area is 179 Å². The van der Waals surface area contributed by atoms with Crippen LogP contribution in [0.3, 0.4) is 0 Å². The molecule has 2 aromatic carbocycles. The van der Waals surface area contributed by atoms with E-state index in [-0.39, 0.29) is 11.8 Å². The lowest BCUT2D eigenvalue weighted by molar-refractivity contribution is -0.141. The molecule has 0 N–H and O–H groups in total. The normalized spacial score (nSPS) is 19.1. The van der Waals surface area contributed by atoms with Gasteiger partial charge < -0.3 is 0 Å². The van der Waals surface area contributed by atoms with Gasteiger partial charge >= 0.3 is 0 Å². The van der Waals surface area contributed by atoms with E-state index in [4.69, 9.17) is 0 Å². The highest BCUT2D eigenvalue weighted by Crippen LogP contribution is 2.51. The summed E-state index contributed by atoms with van der Waals surface area (Å²) in [5.41, 5.74) is 6.23. The molecule has 4 rings (SSSR count). The summed E-state index contributed by atoms with van der Waals surface area (Å²) in [6.07, 6.45) is 3.94. The number of hydrogen-bond donors (Lipinski definition) is 0. The Morgan fingerprint density at radius 3 is 1.17 bits per heavy atom. The van der Waals surface area contributed by atoms with Crippen LogP contribution in [-0.2, 0) is 9.59 Å². The van der Waals surface area contributed by atoms with Crippen LogP contribution in [0.4, 0.5) is 11.4 Å². The van der Waals surface area contributed by atoms with Crippen LogP contribution in [0.15, 0.2) is 36.4 Å². The van der Waals surface area contributed by atoms with E-state index in [0.717, 1.165) is 44.8 Å². The van der Waals surface area contributed by atoms with E-state index in [0.29, 0.717) is 0 Å². The van der Waals surface area contributed by atoms with Crippen LogP contribution in [0.25, 0.3) is 0 Å². The van der Waals surface area contributed by atoms with Crippen molar-refractivity contribution < 1.29 is 9.59 Å². The van der Waals surface area contributed by atoms with Gasteiger partial charge in [-0.25, -0.2) is 0 Å². The number of aryl methyl sites for hydroxylation is 6. The summed E-state index contributed by atoms with van der Waals surface area (Å²) in [7, 11) is 0. The summed E-state index contributed by atoms with van der Waals surface area (Å²) >= 11 is 0. The van der Waals surface area contributed by atoms with Crippen molar-refractivity contribution in [3.05, 3.63) is 69.8 Å². The maximum Gasteiger partial charge on any atom is 0.244 e. The molecule has 2 aromatic rings. The maximum atomic E-state index is 13.7. The standard InChI is InChI=1S/C26H30N2O2/c1-15-11-17(3)21(18(4)12-15)27-23(29)25(7,8)24(30)28(26(27)9-10-26)22-19(5)13-16(2)14-20(22)6/h9-14H,1-8H3. The Bertz CT molecular complexity index is 1010. The van der Waals surface area contributed by atoms with Gasteiger partial charge in [0.15, 0.2) is 5.66 Å². The first kappa shape index (κ1) is 20.4. The minimum Gasteiger partial charge on any atom is -0.280 e. The van der Waals surface area contributed by atoms with E-state index in [2.05, 4.69) is 38.1 Å². The number of hydrogen-bond acceptors (Lipinski definition) is 2. The lowest BCUT2D eigenvalue weighted by Gasteiger charge is -2.51. The van der Waals surface area contributed by atoms with Crippen molar-refractivity contribution in [1.82, 2.24) is 0 Å². The summed E-state index contributed by atoms with van der Waals surface area (Å²) < 4.78 is 0. The second-order valence-electron chi connectivity index (χ2n) is 9.52. The van der Waals surface area contributed by atoms with Crippen molar-refractivity contribution in [2.75, 3.05) is 9.80 Å². The predicted molar refractivity (Wildman–Crippen MR) is 122 cm³/mol. The van der Waals surface area contributed by atoms with E-state index < -0.39 is 11.1 Å². The fourth-order valence-corrected chi connectivity index (χ4v) is 5.06. The third-order valence-corrected chi connectivity index (χ3v) is 6.37. The molecule has 0 atom stereocenters. The van der Waals surface area contributed by atoms with E-state index in [1.807, 2.05) is 49.6 Å². The fraction of sp³-hybridized carbons (Fsp3) is 0.385. The predicted octanol–water partition coefficient (Wildman–Crippen LogP) is 5.21. The third kappa shape index (κ3) is 2.66. The molecule has 2 aliphatic rings. The zero-order valence-electron chi connectivity index (χ0n) is 19.2. The van der Waals surface area contributed by atoms with E-state index >= 15 is 0 Å². The smallest absolute Gasteiger partial charge is 0.244 e. The van der Waals surface area contributed by atoms with Gasteiger partial charge in [-0.3, -0.25) is 19.4 Å². The third-order valence-electron chi connectivity index (χ3n) is 6.37. The first-order valence-electron chi connectivity index (χ1n) is 10.5. The molecule has 1 heterocycles. The number of carbonyl (C=O) groups excluding carboxylic acids is 2. The van der Waals surface area contributed by atoms with Crippen molar-refractivity contribution in [2.24, 2.45) is 5.41 Å². The van der Waals surface area contributed by atoms with Gasteiger partial charge in [0.1, 0.15) is 5.41 Å². The van der Waals surface area contributed by atoms with Crippen LogP contribution in [0, 0.1) is 47.0 Å². The number of amides is 2. The Kier molecular flexibility index (Phi) is 4.29. The van der Waals surface area contributed by atoms with Gasteiger partial charge in [0, 0.05) is 0 Å². The van der Waals surface area contributed by atoms with Crippen LogP contribution in [0.5, 0.6) is 0 Å². The largest absolute Gasteiger partial charge is 0.280 e. The van der Waals surface area contributed by atoms with Gasteiger partial charge in [0.25, 0.3) is 0 Å². The van der Waals surface area contributed by atoms with Crippen LogP contribution < -0.4 is 9.80 Å². The van der Waals surface area contributed by atoms with Crippen molar-refractivity contribution in [1.29, 1.82) is 0 Å². The number of anilines is 2. The summed E-state index contributed by atoms with van der Waals surface area (Å²) in [5, 5.41) is 0. The van der Waals surface area contributed by atoms with E-state index in [1.165, 1.54) is 0 Å². The molecule has 0 saturated carbocycles. The second-order valence-corrected chi connectivity index (χ2v) is 9.52. The molecule has 1 fully saturated rings. The second kappa shape index (κ2) is 6.31. The molecular weight excluding hydrogens is 372 g/mol. The number of carbonyl (C=O) groups is 2. The van der Waals surface area contributed by atoms with Crippen molar-refractivity contribution in [2.45, 2.75) is 61.1 Å². The molecule has 1 saturated heterocycles. The minimum atomic E-state index is -1.16. The maximum absolute atomic E-state index is 13.7. The van der Waals surface area contributed by atoms with Gasteiger partial charge in [-0.1, -0.05) is 35.4 Å². The first-order valence-corrected chi connectivity index (χ1v) is 10.5. The van der Waals surface area contributed by atoms with E-state index in [9.17, 15) is 9.59 Å². The lowest BCUT2D eigenvalue weighted by Crippen LogP contribution is -2.69.